The third kappa shape index (κ3) is 7.29. The molecule has 1 aliphatic heterocycles. The lowest BCUT2D eigenvalue weighted by molar-refractivity contribution is -0.113. The number of rotatable bonds is 8. The number of thioether (sulfide) groups is 1. The van der Waals surface area contributed by atoms with E-state index in [-0.39, 0.29) is 16.6 Å². The van der Waals surface area contributed by atoms with Crippen molar-refractivity contribution in [1.29, 1.82) is 0 Å². The van der Waals surface area contributed by atoms with Gasteiger partial charge in [-0.3, -0.25) is 14.5 Å². The van der Waals surface area contributed by atoms with E-state index in [2.05, 4.69) is 15.0 Å². The Labute approximate surface area is 187 Å². The molecule has 2 aromatic rings. The van der Waals surface area contributed by atoms with Gasteiger partial charge in [-0.25, -0.2) is 8.42 Å². The molecule has 2 aromatic carbocycles. The van der Waals surface area contributed by atoms with Crippen molar-refractivity contribution in [1.82, 2.24) is 4.72 Å². The maximum Gasteiger partial charge on any atom is 0.262 e. The molecule has 0 aliphatic carbocycles. The van der Waals surface area contributed by atoms with Gasteiger partial charge in [0, 0.05) is 23.5 Å². The highest BCUT2D eigenvalue weighted by atomic mass is 32.2. The first-order valence-corrected chi connectivity index (χ1v) is 12.7. The molecule has 0 aromatic heterocycles. The Bertz CT molecular complexity index is 1000. The summed E-state index contributed by atoms with van der Waals surface area (Å²) in [6.45, 7) is 3.19. The number of amides is 1. The molecule has 1 amide bonds. The van der Waals surface area contributed by atoms with Crippen LogP contribution in [0.5, 0.6) is 5.75 Å². The molecule has 9 heteroatoms. The van der Waals surface area contributed by atoms with E-state index in [0.29, 0.717) is 31.1 Å². The first-order chi connectivity index (χ1) is 15.0. The Morgan fingerprint density at radius 1 is 1.06 bits per heavy atom. The number of carbonyl (C=O) groups excluding carboxylic acids is 1. The predicted octanol–water partition coefficient (Wildman–Crippen LogP) is 4.07. The summed E-state index contributed by atoms with van der Waals surface area (Å²) in [5.74, 6) is 1.39. The van der Waals surface area contributed by atoms with Crippen LogP contribution in [0.15, 0.2) is 63.3 Å². The van der Waals surface area contributed by atoms with Crippen LogP contribution in [-0.2, 0) is 14.8 Å². The lowest BCUT2D eigenvalue weighted by Gasteiger charge is -2.11. The Hall–Kier alpha value is -2.52. The number of benzene rings is 2. The molecular weight excluding hydrogens is 434 g/mol. The quantitative estimate of drug-likeness (QED) is 0.578. The number of nitrogens with one attached hydrogen (secondary N) is 2. The van der Waals surface area contributed by atoms with Crippen LogP contribution < -0.4 is 14.8 Å². The van der Waals surface area contributed by atoms with E-state index in [1.54, 1.807) is 12.1 Å². The molecule has 1 heterocycles. The van der Waals surface area contributed by atoms with Crippen molar-refractivity contribution in [2.45, 2.75) is 42.4 Å². The number of nitrogens with zero attached hydrogens (tertiary/aromatic N) is 1. The minimum atomic E-state index is -3.68. The molecular formula is C22H27N3O4S2. The van der Waals surface area contributed by atoms with Gasteiger partial charge in [-0.2, -0.15) is 0 Å². The maximum atomic E-state index is 12.6. The summed E-state index contributed by atoms with van der Waals surface area (Å²) in [6, 6.07) is 13.7. The first kappa shape index (κ1) is 23.1. The number of sulfonamides is 1. The smallest absolute Gasteiger partial charge is 0.262 e. The van der Waals surface area contributed by atoms with E-state index in [1.165, 1.54) is 23.9 Å². The molecule has 0 atom stereocenters. The number of carbonyl (C=O) groups is 1. The third-order valence-electron chi connectivity index (χ3n) is 4.58. The first-order valence-electron chi connectivity index (χ1n) is 10.3. The second-order valence-electron chi connectivity index (χ2n) is 7.01. The molecule has 7 nitrogen and oxygen atoms in total. The fourth-order valence-electron chi connectivity index (χ4n) is 3.03. The number of amidine groups is 1. The monoisotopic (exact) mass is 461 g/mol. The van der Waals surface area contributed by atoms with Crippen molar-refractivity contribution >= 4 is 39.2 Å². The predicted molar refractivity (Wildman–Crippen MR) is 124 cm³/mol. The van der Waals surface area contributed by atoms with E-state index in [9.17, 15) is 13.2 Å². The molecule has 0 spiro atoms. The zero-order valence-electron chi connectivity index (χ0n) is 17.5. The third-order valence-corrected chi connectivity index (χ3v) is 6.99. The Kier molecular flexibility index (Phi) is 8.36. The van der Waals surface area contributed by atoms with Crippen LogP contribution in [0.1, 0.15) is 32.6 Å². The van der Waals surface area contributed by atoms with Crippen LogP contribution in [0.3, 0.4) is 0 Å². The fourth-order valence-corrected chi connectivity index (χ4v) is 4.82. The summed E-state index contributed by atoms with van der Waals surface area (Å²) in [5, 5.41) is 2.79. The molecule has 0 radical (unpaired) electrons. The lowest BCUT2D eigenvalue weighted by atomic mass is 10.2. The number of anilines is 1. The molecule has 166 valence electrons. The Morgan fingerprint density at radius 3 is 2.52 bits per heavy atom. The van der Waals surface area contributed by atoms with Crippen molar-refractivity contribution in [3.8, 4) is 5.75 Å². The topological polar surface area (TPSA) is 96.9 Å². The van der Waals surface area contributed by atoms with Gasteiger partial charge in [0.15, 0.2) is 0 Å². The van der Waals surface area contributed by atoms with Crippen molar-refractivity contribution < 1.29 is 17.9 Å². The molecule has 0 bridgehead atoms. The van der Waals surface area contributed by atoms with Crippen molar-refractivity contribution in [3.05, 3.63) is 48.5 Å². The number of hydrogen-bond acceptors (Lipinski definition) is 6. The zero-order chi connectivity index (χ0) is 22.1. The number of aliphatic imine (C=N–C) groups is 1. The summed E-state index contributed by atoms with van der Waals surface area (Å²) in [5.41, 5.74) is 0.544. The standard InChI is InChI=1S/C22H27N3O4S2/c1-2-29-18-9-11-19(12-10-18)30-16-22(26)24-17-7-13-20(14-8-17)31(27,28)25-21-6-4-3-5-15-23-21/h7-14H,2-6,15-16H2,1H3,(H,23,25)(H,24,26). The highest BCUT2D eigenvalue weighted by Gasteiger charge is 2.17. The van der Waals surface area contributed by atoms with Gasteiger partial charge in [0.25, 0.3) is 10.0 Å². The second-order valence-corrected chi connectivity index (χ2v) is 9.74. The van der Waals surface area contributed by atoms with E-state index < -0.39 is 10.0 Å². The van der Waals surface area contributed by atoms with E-state index in [4.69, 9.17) is 4.74 Å². The summed E-state index contributed by atoms with van der Waals surface area (Å²) in [4.78, 5) is 17.6. The van der Waals surface area contributed by atoms with Crippen LogP contribution in [-0.4, -0.2) is 39.1 Å². The van der Waals surface area contributed by atoms with Gasteiger partial charge in [0.1, 0.15) is 11.6 Å². The molecule has 2 N–H and O–H groups in total. The maximum absolute atomic E-state index is 12.6. The van der Waals surface area contributed by atoms with Gasteiger partial charge in [0.2, 0.25) is 5.91 Å². The van der Waals surface area contributed by atoms with Gasteiger partial charge in [-0.15, -0.1) is 11.8 Å². The van der Waals surface area contributed by atoms with Gasteiger partial charge >= 0.3 is 0 Å². The highest BCUT2D eigenvalue weighted by Crippen LogP contribution is 2.22. The molecule has 0 unspecified atom stereocenters. The van der Waals surface area contributed by atoms with Gasteiger partial charge in [0.05, 0.1) is 17.3 Å². The summed E-state index contributed by atoms with van der Waals surface area (Å²) < 4.78 is 33.1. The SMILES string of the molecule is CCOc1ccc(SCC(=O)Nc2ccc(S(=O)(=O)NC3=NCCCCC3)cc2)cc1. The Balaban J connectivity index is 1.52. The van der Waals surface area contributed by atoms with Crippen molar-refractivity contribution in [3.63, 3.8) is 0 Å². The molecule has 1 aliphatic rings. The van der Waals surface area contributed by atoms with Crippen LogP contribution in [0, 0.1) is 0 Å². The summed E-state index contributed by atoms with van der Waals surface area (Å²) in [6.07, 6.45) is 3.61. The van der Waals surface area contributed by atoms with Gasteiger partial charge < -0.3 is 10.1 Å². The van der Waals surface area contributed by atoms with Gasteiger partial charge in [-0.1, -0.05) is 6.42 Å². The number of ether oxygens (including phenoxy) is 1. The van der Waals surface area contributed by atoms with Crippen LogP contribution >= 0.6 is 11.8 Å². The van der Waals surface area contributed by atoms with Crippen molar-refractivity contribution in [2.75, 3.05) is 24.2 Å². The van der Waals surface area contributed by atoms with Crippen LogP contribution in [0.2, 0.25) is 0 Å². The largest absolute Gasteiger partial charge is 0.494 e. The van der Waals surface area contributed by atoms with Crippen LogP contribution in [0.25, 0.3) is 0 Å². The summed E-state index contributed by atoms with van der Waals surface area (Å²) >= 11 is 1.42. The van der Waals surface area contributed by atoms with E-state index in [1.807, 2.05) is 31.2 Å². The van der Waals surface area contributed by atoms with Crippen LogP contribution in [0.4, 0.5) is 5.69 Å². The minimum Gasteiger partial charge on any atom is -0.494 e. The zero-order valence-corrected chi connectivity index (χ0v) is 19.1. The van der Waals surface area contributed by atoms with Gasteiger partial charge in [-0.05, 0) is 68.3 Å². The van der Waals surface area contributed by atoms with E-state index in [0.717, 1.165) is 29.9 Å². The number of hydrogen-bond donors (Lipinski definition) is 2. The lowest BCUT2D eigenvalue weighted by Crippen LogP contribution is -2.30. The summed E-state index contributed by atoms with van der Waals surface area (Å²) in [7, 11) is -3.68. The molecule has 31 heavy (non-hydrogen) atoms. The minimum absolute atomic E-state index is 0.140. The molecule has 0 fully saturated rings. The van der Waals surface area contributed by atoms with Crippen molar-refractivity contribution in [2.24, 2.45) is 4.99 Å². The highest BCUT2D eigenvalue weighted by molar-refractivity contribution is 8.00. The molecule has 0 saturated heterocycles. The fraction of sp³-hybridized carbons (Fsp3) is 0.364. The molecule has 0 saturated carbocycles. The average Bonchev–Trinajstić information content (AvgIpc) is 3.02. The average molecular weight is 462 g/mol. The molecule has 3 rings (SSSR count). The van der Waals surface area contributed by atoms with E-state index >= 15 is 0 Å². The Morgan fingerprint density at radius 2 is 1.81 bits per heavy atom. The second kappa shape index (κ2) is 11.2. The normalized spacial score (nSPS) is 14.3.